The lowest BCUT2D eigenvalue weighted by molar-refractivity contribution is -0.115. The van der Waals surface area contributed by atoms with E-state index in [1.807, 2.05) is 237 Å². The molecule has 0 aliphatic rings. The monoisotopic (exact) mass is 1960 g/mol. The Morgan fingerprint density at radius 3 is 1.09 bits per heavy atom. The molecule has 0 radical (unpaired) electrons. The number of carbonyl (C=O) groups excluding carboxylic acids is 9. The highest BCUT2D eigenvalue weighted by molar-refractivity contribution is 9.11. The van der Waals surface area contributed by atoms with Gasteiger partial charge in [0, 0.05) is 102 Å². The van der Waals surface area contributed by atoms with Gasteiger partial charge in [-0.1, -0.05) is 290 Å². The number of rotatable bonds is 24. The molecule has 9 aromatic rings. The first-order chi connectivity index (χ1) is 54.6. The average molecular weight is 1970 g/mol. The summed E-state index contributed by atoms with van der Waals surface area (Å²) < 4.78 is 5.82. The third kappa shape index (κ3) is 49.0. The van der Waals surface area contributed by atoms with E-state index < -0.39 is 0 Å². The summed E-state index contributed by atoms with van der Waals surface area (Å²) in [6, 6.07) is 67.4. The highest BCUT2D eigenvalue weighted by atomic mass is 79.9. The van der Waals surface area contributed by atoms with Gasteiger partial charge in [-0.25, -0.2) is 0 Å². The molecule has 0 bridgehead atoms. The first-order valence-electron chi connectivity index (χ1n) is 36.5. The van der Waals surface area contributed by atoms with Gasteiger partial charge in [-0.15, -0.1) is 0 Å². The van der Waals surface area contributed by atoms with Gasteiger partial charge in [-0.05, 0) is 210 Å². The number of carbonyl (C=O) groups is 9. The lowest BCUT2D eigenvalue weighted by atomic mass is 10.1. The molecule has 0 fully saturated rings. The van der Waals surface area contributed by atoms with E-state index in [0.717, 1.165) is 54.7 Å². The molecule has 21 heteroatoms. The summed E-state index contributed by atoms with van der Waals surface area (Å²) in [5, 5.41) is 18.5. The molecule has 600 valence electrons. The second-order valence-electron chi connectivity index (χ2n) is 23.3. The van der Waals surface area contributed by atoms with Crippen molar-refractivity contribution in [3.05, 3.63) is 342 Å². The lowest BCUT2D eigenvalue weighted by Gasteiger charge is -2.02. The zero-order chi connectivity index (χ0) is 85.0. The van der Waals surface area contributed by atoms with Crippen LogP contribution in [0.5, 0.6) is 5.75 Å². The highest BCUT2D eigenvalue weighted by Crippen LogP contribution is 2.24. The Balaban J connectivity index is 0.000000642. The van der Waals surface area contributed by atoms with Crippen LogP contribution in [-0.4, -0.2) is 77.2 Å². The van der Waals surface area contributed by atoms with Gasteiger partial charge in [-0.2, -0.15) is 0 Å². The van der Waals surface area contributed by atoms with Crippen molar-refractivity contribution >= 4 is 208 Å². The number of phenols is 1. The molecule has 0 saturated heterocycles. The summed E-state index contributed by atoms with van der Waals surface area (Å²) in [5.74, 6) is 0.883. The van der Waals surface area contributed by atoms with E-state index in [-0.39, 0.29) is 58.2 Å². The number of hydrogen-bond acceptors (Lipinski definition) is 10. The maximum Gasteiger partial charge on any atom is 0.252 e. The fraction of sp³-hybridized carbons (Fsp3) is 0.194. The number of nitrogens with one attached hydrogen (secondary N) is 3. The van der Waals surface area contributed by atoms with Gasteiger partial charge in [0.15, 0.2) is 34.7 Å². The molecule has 0 aliphatic carbocycles. The van der Waals surface area contributed by atoms with Crippen LogP contribution in [0.3, 0.4) is 0 Å². The molecule has 114 heavy (non-hydrogen) atoms. The SMILES string of the molecule is CCC(=O)/C=C/c1ccc(Br)cc1.CCC(=O)/C=C/c1ccc(Cl)c(Cl)c1.CCC(=O)/C=C/c1cccc(Br)c1.CCC(=O)/C=C/c1ccccc1.CCC(=O)/C=C/c1ccccc1Br.CCC(=O)/C=C/c1ccccc1O.CCNC(=O)c1ccc(Br)cc1.CCNC(=O)c1cccc(Br)c1.CCNC(=O)c1ccccc1Br. The first-order valence-corrected chi connectivity index (χ1v) is 42.0. The Morgan fingerprint density at radius 2 is 0.649 bits per heavy atom. The van der Waals surface area contributed by atoms with Gasteiger partial charge in [0.05, 0.1) is 15.6 Å². The molecule has 4 N–H and O–H groups in total. The molecule has 0 saturated carbocycles. The molecule has 0 atom stereocenters. The standard InChI is InChI=1S/3C11H11BrO.C11H10Cl2O.C11H12O2.C11H12O.3C9H10BrNO/c1-2-11(13)8-5-9-3-6-10(12)7-4-9;1-2-11(13)7-6-9-4-3-5-10(12)8-9;1-2-10(13)8-7-9-5-3-4-6-11(9)12;1-2-9(14)5-3-8-4-6-10(12)11(13)7-8;1-2-10(12)8-7-9-5-3-4-6-11(9)13;1-2-11(12)9-8-10-6-4-3-5-7-10;1-2-11-9(12)7-3-5-8(10)6-4-7;1-2-11-9(12)7-4-3-5-8(10)6-7;1-2-11-9(12)7-5-3-4-6-8(7)10/h3*3-8H,2H2,1H3;3-7H,2H2,1H3;3-8,13H,2H2,1H3;3-9H,2H2,1H3;3*3-6H,2H2,1H3,(H,11,12)/b8-5+;7-6+;8-7+;5-3+;8-7+;9-8+;;;. The van der Waals surface area contributed by atoms with E-state index in [2.05, 4.69) is 112 Å². The molecule has 9 aromatic carbocycles. The second-order valence-corrected chi connectivity index (χ2v) is 29.5. The molecule has 0 unspecified atom stereocenters. The predicted molar refractivity (Wildman–Crippen MR) is 496 cm³/mol. The summed E-state index contributed by atoms with van der Waals surface area (Å²) in [5.41, 5.74) is 7.79. The fourth-order valence-electron chi connectivity index (χ4n) is 8.09. The summed E-state index contributed by atoms with van der Waals surface area (Å²) in [6.45, 7) is 18.7. The molecule has 0 aromatic heterocycles. The van der Waals surface area contributed by atoms with Crippen LogP contribution in [0.1, 0.15) is 165 Å². The molecule has 13 nitrogen and oxygen atoms in total. The summed E-state index contributed by atoms with van der Waals surface area (Å²) in [4.78, 5) is 99.6. The van der Waals surface area contributed by atoms with Gasteiger partial charge in [-0.3, -0.25) is 43.2 Å². The van der Waals surface area contributed by atoms with Crippen molar-refractivity contribution in [2.45, 2.75) is 101 Å². The summed E-state index contributed by atoms with van der Waals surface area (Å²) >= 11 is 31.6. The van der Waals surface area contributed by atoms with Crippen molar-refractivity contribution in [2.75, 3.05) is 19.6 Å². The Kier molecular flexibility index (Phi) is 57.4. The molecular weight excluding hydrogens is 1870 g/mol. The minimum Gasteiger partial charge on any atom is -0.507 e. The number of amides is 3. The number of hydrogen-bond donors (Lipinski definition) is 4. The lowest BCUT2D eigenvalue weighted by Crippen LogP contribution is -2.22. The molecule has 0 spiro atoms. The number of allylic oxidation sites excluding steroid dienone is 6. The zero-order valence-electron chi connectivity index (χ0n) is 65.2. The Hall–Kier alpha value is -8.89. The predicted octanol–water partition coefficient (Wildman–Crippen LogP) is 26.0. The van der Waals surface area contributed by atoms with Crippen LogP contribution in [0.15, 0.2) is 282 Å². The van der Waals surface area contributed by atoms with Crippen LogP contribution >= 0.6 is 119 Å². The van der Waals surface area contributed by atoms with Crippen LogP contribution in [0.2, 0.25) is 10.0 Å². The average Bonchev–Trinajstić information content (AvgIpc) is 0.869. The minimum atomic E-state index is -0.0371. The maximum atomic E-state index is 11.3. The Labute approximate surface area is 733 Å². The third-order valence-corrected chi connectivity index (χ3v) is 18.7. The topological polar surface area (TPSA) is 210 Å². The van der Waals surface area contributed by atoms with Crippen LogP contribution < -0.4 is 16.0 Å². The normalized spacial score (nSPS) is 10.3. The summed E-state index contributed by atoms with van der Waals surface area (Å²) in [6.07, 6.45) is 23.4. The molecule has 0 aliphatic heterocycles. The Morgan fingerprint density at radius 1 is 0.298 bits per heavy atom. The molecule has 3 amide bonds. The highest BCUT2D eigenvalue weighted by Gasteiger charge is 2.08. The van der Waals surface area contributed by atoms with Crippen LogP contribution in [0, 0.1) is 0 Å². The first kappa shape index (κ1) is 103. The van der Waals surface area contributed by atoms with E-state index in [4.69, 9.17) is 23.2 Å². The van der Waals surface area contributed by atoms with Crippen molar-refractivity contribution in [1.29, 1.82) is 0 Å². The van der Waals surface area contributed by atoms with Gasteiger partial charge in [0.2, 0.25) is 0 Å². The van der Waals surface area contributed by atoms with Crippen molar-refractivity contribution in [1.82, 2.24) is 16.0 Å². The van der Waals surface area contributed by atoms with Crippen LogP contribution in [0.4, 0.5) is 0 Å². The number of ketones is 6. The van der Waals surface area contributed by atoms with E-state index in [1.165, 1.54) is 6.08 Å². The molecular formula is C93H97Br6Cl2N3O10. The van der Waals surface area contributed by atoms with Gasteiger partial charge in [0.25, 0.3) is 17.7 Å². The van der Waals surface area contributed by atoms with Crippen molar-refractivity contribution in [3.8, 4) is 5.75 Å². The van der Waals surface area contributed by atoms with E-state index in [1.54, 1.807) is 110 Å². The van der Waals surface area contributed by atoms with Crippen LogP contribution in [0.25, 0.3) is 36.5 Å². The maximum absolute atomic E-state index is 11.3. The van der Waals surface area contributed by atoms with Gasteiger partial charge >= 0.3 is 0 Å². The molecule has 0 heterocycles. The fourth-order valence-corrected chi connectivity index (χ4v) is 10.6. The molecule has 9 rings (SSSR count). The summed E-state index contributed by atoms with van der Waals surface area (Å²) in [7, 11) is 0. The Bertz CT molecular complexity index is 4570. The van der Waals surface area contributed by atoms with E-state index in [0.29, 0.717) is 90.5 Å². The van der Waals surface area contributed by atoms with Crippen molar-refractivity contribution < 1.29 is 48.3 Å². The van der Waals surface area contributed by atoms with Gasteiger partial charge in [0.1, 0.15) is 5.75 Å². The van der Waals surface area contributed by atoms with Crippen molar-refractivity contribution in [2.24, 2.45) is 0 Å². The number of para-hydroxylation sites is 1. The minimum absolute atomic E-state index is 0.0231. The van der Waals surface area contributed by atoms with Crippen molar-refractivity contribution in [3.63, 3.8) is 0 Å². The zero-order valence-corrected chi connectivity index (χ0v) is 76.2. The number of benzene rings is 9. The number of phenolic OH excluding ortho intramolecular Hbond substituents is 1. The van der Waals surface area contributed by atoms with E-state index >= 15 is 0 Å². The second kappa shape index (κ2) is 63.4. The number of halogens is 8. The van der Waals surface area contributed by atoms with E-state index in [9.17, 15) is 48.3 Å². The van der Waals surface area contributed by atoms with Crippen LogP contribution in [-0.2, 0) is 28.8 Å². The van der Waals surface area contributed by atoms with Gasteiger partial charge < -0.3 is 21.1 Å². The third-order valence-electron chi connectivity index (χ3n) is 14.5. The number of aromatic hydroxyl groups is 1. The quantitative estimate of drug-likeness (QED) is 0.0421. The smallest absolute Gasteiger partial charge is 0.252 e. The largest absolute Gasteiger partial charge is 0.507 e.